The zero-order chi connectivity index (χ0) is 21.7. The van der Waals surface area contributed by atoms with Gasteiger partial charge in [-0.25, -0.2) is 9.37 Å². The monoisotopic (exact) mass is 423 g/mol. The molecule has 3 rings (SSSR count). The van der Waals surface area contributed by atoms with Crippen LogP contribution >= 0.6 is 11.6 Å². The first-order valence-electron chi connectivity index (χ1n) is 9.15. The van der Waals surface area contributed by atoms with Gasteiger partial charge in [0.25, 0.3) is 5.91 Å². The Morgan fingerprint density at radius 2 is 1.77 bits per heavy atom. The van der Waals surface area contributed by atoms with Crippen molar-refractivity contribution in [3.63, 3.8) is 0 Å². The average molecular weight is 424 g/mol. The summed E-state index contributed by atoms with van der Waals surface area (Å²) < 4.78 is 13.8. The molecule has 2 aromatic carbocycles. The van der Waals surface area contributed by atoms with Gasteiger partial charge >= 0.3 is 0 Å². The molecule has 1 amide bonds. The van der Waals surface area contributed by atoms with Gasteiger partial charge in [0.1, 0.15) is 11.6 Å². The molecule has 7 heteroatoms. The van der Waals surface area contributed by atoms with E-state index in [1.165, 1.54) is 24.4 Å². The van der Waals surface area contributed by atoms with E-state index in [4.69, 9.17) is 11.6 Å². The van der Waals surface area contributed by atoms with E-state index in [0.29, 0.717) is 16.1 Å². The minimum atomic E-state index is -0.570. The van der Waals surface area contributed by atoms with Crippen LogP contribution in [-0.4, -0.2) is 29.4 Å². The van der Waals surface area contributed by atoms with E-state index in [2.05, 4.69) is 15.3 Å². The Labute approximate surface area is 178 Å². The topological polar surface area (TPSA) is 71.4 Å². The van der Waals surface area contributed by atoms with Crippen LogP contribution in [-0.2, 0) is 6.42 Å². The van der Waals surface area contributed by atoms with Crippen LogP contribution in [0.25, 0.3) is 0 Å². The van der Waals surface area contributed by atoms with Gasteiger partial charge in [-0.1, -0.05) is 41.9 Å². The summed E-state index contributed by atoms with van der Waals surface area (Å²) in [6.45, 7) is 1.88. The molecule has 0 aliphatic heterocycles. The fourth-order valence-corrected chi connectivity index (χ4v) is 2.96. The molecule has 5 nitrogen and oxygen atoms in total. The molecule has 0 aliphatic rings. The van der Waals surface area contributed by atoms with E-state index in [9.17, 15) is 14.0 Å². The number of aliphatic imine (C=N–C) groups is 1. The van der Waals surface area contributed by atoms with E-state index in [-0.39, 0.29) is 23.6 Å². The van der Waals surface area contributed by atoms with Gasteiger partial charge in [-0.2, -0.15) is 0 Å². The van der Waals surface area contributed by atoms with Crippen LogP contribution in [0.2, 0.25) is 5.02 Å². The van der Waals surface area contributed by atoms with Crippen molar-refractivity contribution in [2.24, 2.45) is 4.99 Å². The van der Waals surface area contributed by atoms with Crippen molar-refractivity contribution < 1.29 is 14.0 Å². The molecule has 0 saturated heterocycles. The number of anilines is 1. The molecule has 30 heavy (non-hydrogen) atoms. The zero-order valence-electron chi connectivity index (χ0n) is 16.4. The maximum atomic E-state index is 13.8. The van der Waals surface area contributed by atoms with E-state index >= 15 is 0 Å². The Bertz CT molecular complexity index is 1110. The normalized spacial score (nSPS) is 11.3. The predicted molar refractivity (Wildman–Crippen MR) is 116 cm³/mol. The minimum absolute atomic E-state index is 0.0444. The first-order valence-corrected chi connectivity index (χ1v) is 9.53. The Morgan fingerprint density at radius 3 is 2.40 bits per heavy atom. The van der Waals surface area contributed by atoms with Crippen molar-refractivity contribution >= 4 is 34.8 Å². The van der Waals surface area contributed by atoms with Crippen LogP contribution < -0.4 is 5.32 Å². The number of nitrogens with one attached hydrogen (secondary N) is 1. The number of aromatic nitrogens is 1. The number of ketones is 1. The SMILES string of the molecule is CN=C(C)c1ccc(C(=O)Cc2ccc(F)cc2C(=O)Nc2ccc(Cl)cn2)cc1. The van der Waals surface area contributed by atoms with Crippen molar-refractivity contribution in [2.75, 3.05) is 12.4 Å². The van der Waals surface area contributed by atoms with Crippen molar-refractivity contribution in [1.29, 1.82) is 0 Å². The third kappa shape index (κ3) is 5.15. The van der Waals surface area contributed by atoms with Crippen LogP contribution in [0.5, 0.6) is 0 Å². The van der Waals surface area contributed by atoms with Crippen LogP contribution in [0, 0.1) is 5.82 Å². The quantitative estimate of drug-likeness (QED) is 0.448. The van der Waals surface area contributed by atoms with Crippen molar-refractivity contribution in [3.05, 3.63) is 93.9 Å². The number of carbonyl (C=O) groups excluding carboxylic acids is 2. The van der Waals surface area contributed by atoms with Crippen LogP contribution in [0.1, 0.15) is 38.8 Å². The maximum absolute atomic E-state index is 13.8. The second-order valence-electron chi connectivity index (χ2n) is 6.60. The second kappa shape index (κ2) is 9.41. The molecule has 0 saturated carbocycles. The lowest BCUT2D eigenvalue weighted by molar-refractivity contribution is 0.0992. The van der Waals surface area contributed by atoms with Crippen LogP contribution in [0.4, 0.5) is 10.2 Å². The Balaban J connectivity index is 1.81. The first-order chi connectivity index (χ1) is 14.4. The molecule has 0 bridgehead atoms. The van der Waals surface area contributed by atoms with E-state index in [1.54, 1.807) is 25.2 Å². The molecule has 0 fully saturated rings. The van der Waals surface area contributed by atoms with Gasteiger partial charge < -0.3 is 5.32 Å². The third-order valence-electron chi connectivity index (χ3n) is 4.60. The Kier molecular flexibility index (Phi) is 6.69. The molecule has 1 heterocycles. The van der Waals surface area contributed by atoms with Gasteiger partial charge in [0.05, 0.1) is 5.02 Å². The smallest absolute Gasteiger partial charge is 0.257 e. The number of nitrogens with zero attached hydrogens (tertiary/aromatic N) is 2. The number of hydrogen-bond donors (Lipinski definition) is 1. The number of rotatable bonds is 6. The summed E-state index contributed by atoms with van der Waals surface area (Å²) in [6, 6.07) is 14.0. The molecule has 1 aromatic heterocycles. The maximum Gasteiger partial charge on any atom is 0.257 e. The fourth-order valence-electron chi connectivity index (χ4n) is 2.85. The molecule has 3 aromatic rings. The largest absolute Gasteiger partial charge is 0.307 e. The number of carbonyl (C=O) groups is 2. The lowest BCUT2D eigenvalue weighted by Gasteiger charge is -2.10. The highest BCUT2D eigenvalue weighted by Gasteiger charge is 2.17. The number of pyridine rings is 1. The molecule has 0 spiro atoms. The highest BCUT2D eigenvalue weighted by molar-refractivity contribution is 6.30. The van der Waals surface area contributed by atoms with Gasteiger partial charge in [-0.15, -0.1) is 0 Å². The summed E-state index contributed by atoms with van der Waals surface area (Å²) in [5.41, 5.74) is 2.78. The van der Waals surface area contributed by atoms with Gasteiger partial charge in [0.15, 0.2) is 5.78 Å². The predicted octanol–water partition coefficient (Wildman–Crippen LogP) is 4.99. The molecular formula is C23H19ClFN3O2. The summed E-state index contributed by atoms with van der Waals surface area (Å²) in [4.78, 5) is 33.5. The van der Waals surface area contributed by atoms with E-state index in [0.717, 1.165) is 17.3 Å². The lowest BCUT2D eigenvalue weighted by atomic mass is 9.97. The Hall–Kier alpha value is -3.38. The lowest BCUT2D eigenvalue weighted by Crippen LogP contribution is -2.17. The van der Waals surface area contributed by atoms with E-state index < -0.39 is 11.7 Å². The Morgan fingerprint density at radius 1 is 1.07 bits per heavy atom. The molecule has 0 aliphatic carbocycles. The first kappa shape index (κ1) is 21.3. The molecule has 0 atom stereocenters. The number of benzene rings is 2. The molecule has 0 unspecified atom stereocenters. The summed E-state index contributed by atoms with van der Waals surface area (Å²) in [5.74, 6) is -1.04. The summed E-state index contributed by atoms with van der Waals surface area (Å²) in [5, 5.41) is 3.02. The highest BCUT2D eigenvalue weighted by Crippen LogP contribution is 2.18. The number of amides is 1. The number of hydrogen-bond acceptors (Lipinski definition) is 4. The van der Waals surface area contributed by atoms with Crippen molar-refractivity contribution in [1.82, 2.24) is 4.98 Å². The van der Waals surface area contributed by atoms with Gasteiger partial charge in [-0.05, 0) is 42.3 Å². The molecule has 0 radical (unpaired) electrons. The van der Waals surface area contributed by atoms with Crippen LogP contribution in [0.3, 0.4) is 0 Å². The van der Waals surface area contributed by atoms with E-state index in [1.807, 2.05) is 19.1 Å². The van der Waals surface area contributed by atoms with Crippen molar-refractivity contribution in [3.8, 4) is 0 Å². The fraction of sp³-hybridized carbons (Fsp3) is 0.130. The third-order valence-corrected chi connectivity index (χ3v) is 4.82. The average Bonchev–Trinajstić information content (AvgIpc) is 2.76. The molecular weight excluding hydrogens is 405 g/mol. The van der Waals surface area contributed by atoms with Crippen molar-refractivity contribution in [2.45, 2.75) is 13.3 Å². The standard InChI is InChI=1S/C23H19ClFN3O2/c1-14(26-2)15-3-5-16(6-4-15)21(29)11-17-7-9-19(25)12-20(17)23(30)28-22-10-8-18(24)13-27-22/h3-10,12-13H,11H2,1-2H3,(H,27,28,30). The molecule has 152 valence electrons. The zero-order valence-corrected chi connectivity index (χ0v) is 17.2. The number of halogens is 2. The van der Waals surface area contributed by atoms with Gasteiger partial charge in [-0.3, -0.25) is 14.6 Å². The molecule has 1 N–H and O–H groups in total. The summed E-state index contributed by atoms with van der Waals surface area (Å²) in [6.07, 6.45) is 1.35. The summed E-state index contributed by atoms with van der Waals surface area (Å²) in [7, 11) is 1.70. The highest BCUT2D eigenvalue weighted by atomic mass is 35.5. The number of Topliss-reactive ketones (excluding diaryl/α,β-unsaturated/α-hetero) is 1. The van der Waals surface area contributed by atoms with Crippen LogP contribution in [0.15, 0.2) is 65.8 Å². The van der Waals surface area contributed by atoms with Gasteiger partial charge in [0.2, 0.25) is 0 Å². The minimum Gasteiger partial charge on any atom is -0.307 e. The second-order valence-corrected chi connectivity index (χ2v) is 7.04. The summed E-state index contributed by atoms with van der Waals surface area (Å²) >= 11 is 5.79. The van der Waals surface area contributed by atoms with Gasteiger partial charge in [0, 0.05) is 36.5 Å².